The Labute approximate surface area is 214 Å². The number of amides is 4. The third-order valence-electron chi connectivity index (χ3n) is 7.84. The molecule has 204 valence electrons. The van der Waals surface area contributed by atoms with Crippen LogP contribution < -0.4 is 16.0 Å². The van der Waals surface area contributed by atoms with Crippen molar-refractivity contribution < 1.29 is 29.0 Å². The molecule has 0 radical (unpaired) electrons. The van der Waals surface area contributed by atoms with Gasteiger partial charge in [0.25, 0.3) is 5.91 Å². The van der Waals surface area contributed by atoms with Crippen LogP contribution in [0.3, 0.4) is 0 Å². The van der Waals surface area contributed by atoms with Crippen LogP contribution in [0, 0.1) is 0 Å². The summed E-state index contributed by atoms with van der Waals surface area (Å²) in [5.41, 5.74) is -2.08. The van der Waals surface area contributed by atoms with Crippen LogP contribution in [0.1, 0.15) is 90.4 Å². The van der Waals surface area contributed by atoms with E-state index in [0.29, 0.717) is 64.8 Å². The topological polar surface area (TPSA) is 137 Å². The normalized spacial score (nSPS) is 22.2. The van der Waals surface area contributed by atoms with Crippen LogP contribution in [-0.4, -0.2) is 83.7 Å². The molecule has 1 heterocycles. The van der Waals surface area contributed by atoms with E-state index in [1.165, 1.54) is 0 Å². The summed E-state index contributed by atoms with van der Waals surface area (Å²) in [6, 6.07) is -1.28. The van der Waals surface area contributed by atoms with Crippen LogP contribution in [0.5, 0.6) is 0 Å². The Morgan fingerprint density at radius 1 is 0.944 bits per heavy atom. The summed E-state index contributed by atoms with van der Waals surface area (Å²) in [6.45, 7) is 3.87. The first-order chi connectivity index (χ1) is 17.3. The van der Waals surface area contributed by atoms with Gasteiger partial charge < -0.3 is 30.7 Å². The van der Waals surface area contributed by atoms with E-state index < -0.39 is 34.8 Å². The number of ether oxygens (including phenoxy) is 1. The summed E-state index contributed by atoms with van der Waals surface area (Å²) < 4.78 is 5.32. The molecule has 2 saturated carbocycles. The van der Waals surface area contributed by atoms with Gasteiger partial charge in [-0.25, -0.2) is 4.79 Å². The van der Waals surface area contributed by atoms with Crippen molar-refractivity contribution in [3.05, 3.63) is 0 Å². The van der Waals surface area contributed by atoms with Crippen LogP contribution in [0.15, 0.2) is 0 Å². The molecule has 1 unspecified atom stereocenters. The van der Waals surface area contributed by atoms with Gasteiger partial charge in [0, 0.05) is 19.6 Å². The van der Waals surface area contributed by atoms with E-state index in [1.807, 2.05) is 6.92 Å². The zero-order chi connectivity index (χ0) is 26.0. The highest BCUT2D eigenvalue weighted by atomic mass is 16.5. The van der Waals surface area contributed by atoms with Crippen molar-refractivity contribution in [1.82, 2.24) is 20.9 Å². The van der Waals surface area contributed by atoms with Gasteiger partial charge in [0.05, 0.1) is 24.9 Å². The quantitative estimate of drug-likeness (QED) is 0.332. The number of unbranched alkanes of at least 4 members (excludes halogenated alkanes) is 1. The fourth-order valence-corrected chi connectivity index (χ4v) is 5.46. The molecule has 1 saturated heterocycles. The Morgan fingerprint density at radius 3 is 2.17 bits per heavy atom. The first kappa shape index (κ1) is 28.4. The maximum Gasteiger partial charge on any atom is 0.318 e. The number of Topliss-reactive ketones (excluding diaryl/α,β-unsaturated/α-hetero) is 1. The number of hydrogen-bond acceptors (Lipinski definition) is 6. The number of aliphatic hydroxyl groups is 1. The molecular formula is C26H44N4O6. The van der Waals surface area contributed by atoms with E-state index >= 15 is 0 Å². The van der Waals surface area contributed by atoms with Gasteiger partial charge in [-0.1, -0.05) is 58.3 Å². The molecule has 3 aliphatic rings. The predicted octanol–water partition coefficient (Wildman–Crippen LogP) is 1.79. The number of nitrogens with zero attached hydrogens (tertiary/aromatic N) is 1. The number of hydrogen-bond donors (Lipinski definition) is 4. The van der Waals surface area contributed by atoms with Crippen LogP contribution in [0.25, 0.3) is 0 Å². The molecule has 36 heavy (non-hydrogen) atoms. The molecule has 3 rings (SSSR count). The van der Waals surface area contributed by atoms with Crippen LogP contribution in [0.4, 0.5) is 4.79 Å². The third kappa shape index (κ3) is 7.65. The Morgan fingerprint density at radius 2 is 1.56 bits per heavy atom. The lowest BCUT2D eigenvalue weighted by molar-refractivity contribution is -0.141. The largest absolute Gasteiger partial charge is 0.388 e. The lowest BCUT2D eigenvalue weighted by Crippen LogP contribution is -2.64. The summed E-state index contributed by atoms with van der Waals surface area (Å²) >= 11 is 0. The van der Waals surface area contributed by atoms with Crippen molar-refractivity contribution in [3.8, 4) is 0 Å². The maximum absolute atomic E-state index is 13.6. The van der Waals surface area contributed by atoms with Gasteiger partial charge in [-0.15, -0.1) is 0 Å². The molecule has 4 amide bonds. The zero-order valence-corrected chi connectivity index (χ0v) is 21.7. The summed E-state index contributed by atoms with van der Waals surface area (Å²) in [7, 11) is 0. The van der Waals surface area contributed by atoms with Gasteiger partial charge >= 0.3 is 6.03 Å². The average Bonchev–Trinajstić information content (AvgIpc) is 2.90. The first-order valence-electron chi connectivity index (χ1n) is 13.8. The van der Waals surface area contributed by atoms with E-state index in [9.17, 15) is 24.3 Å². The number of carbonyl (C=O) groups excluding carboxylic acids is 4. The van der Waals surface area contributed by atoms with Gasteiger partial charge in [-0.3, -0.25) is 14.4 Å². The summed E-state index contributed by atoms with van der Waals surface area (Å²) in [5.74, 6) is -1.90. The average molecular weight is 509 g/mol. The molecule has 1 atom stereocenters. The minimum atomic E-state index is -1.11. The van der Waals surface area contributed by atoms with Crippen molar-refractivity contribution >= 4 is 23.6 Å². The van der Waals surface area contributed by atoms with Crippen molar-refractivity contribution in [2.45, 2.75) is 108 Å². The van der Waals surface area contributed by atoms with Gasteiger partial charge in [0.15, 0.2) is 0 Å². The summed E-state index contributed by atoms with van der Waals surface area (Å²) in [5, 5.41) is 19.1. The van der Waals surface area contributed by atoms with Crippen molar-refractivity contribution in [3.63, 3.8) is 0 Å². The standard InChI is InChI=1S/C26H44N4O6/c1-2-3-10-20(21(31)22(32)27-19-25(35)11-6-4-7-12-25)28-23(33)26(13-8-5-9-14-26)29-24(34)30-15-17-36-18-16-30/h20,35H,2-19H2,1H3,(H,27,32)(H,28,33)(H,29,34). The highest BCUT2D eigenvalue weighted by Gasteiger charge is 2.43. The molecule has 0 aromatic carbocycles. The second-order valence-corrected chi connectivity index (χ2v) is 10.7. The second-order valence-electron chi connectivity index (χ2n) is 10.7. The molecule has 0 spiro atoms. The highest BCUT2D eigenvalue weighted by molar-refractivity contribution is 6.38. The zero-order valence-electron chi connectivity index (χ0n) is 21.7. The third-order valence-corrected chi connectivity index (χ3v) is 7.84. The Hall–Kier alpha value is -2.20. The number of nitrogens with one attached hydrogen (secondary N) is 3. The molecule has 2 aliphatic carbocycles. The van der Waals surface area contributed by atoms with Crippen molar-refractivity contribution in [1.29, 1.82) is 0 Å². The number of carbonyl (C=O) groups is 4. The van der Waals surface area contributed by atoms with Crippen LogP contribution >= 0.6 is 0 Å². The molecule has 0 aromatic heterocycles. The van der Waals surface area contributed by atoms with E-state index in [2.05, 4.69) is 16.0 Å². The minimum Gasteiger partial charge on any atom is -0.388 e. The van der Waals surface area contributed by atoms with Crippen molar-refractivity contribution in [2.75, 3.05) is 32.8 Å². The van der Waals surface area contributed by atoms with Crippen LogP contribution in [-0.2, 0) is 19.1 Å². The van der Waals surface area contributed by atoms with Gasteiger partial charge in [0.1, 0.15) is 5.54 Å². The molecule has 3 fully saturated rings. The van der Waals surface area contributed by atoms with Gasteiger partial charge in [-0.2, -0.15) is 0 Å². The molecule has 10 nitrogen and oxygen atoms in total. The monoisotopic (exact) mass is 508 g/mol. The molecule has 10 heteroatoms. The van der Waals surface area contributed by atoms with Gasteiger partial charge in [0.2, 0.25) is 11.7 Å². The molecule has 4 N–H and O–H groups in total. The summed E-state index contributed by atoms with van der Waals surface area (Å²) in [6.07, 6.45) is 9.41. The molecule has 0 bridgehead atoms. The van der Waals surface area contributed by atoms with Gasteiger partial charge in [-0.05, 0) is 32.1 Å². The number of rotatable bonds is 10. The number of ketones is 1. The lowest BCUT2D eigenvalue weighted by atomic mass is 9.80. The fourth-order valence-electron chi connectivity index (χ4n) is 5.46. The van der Waals surface area contributed by atoms with Crippen LogP contribution in [0.2, 0.25) is 0 Å². The smallest absolute Gasteiger partial charge is 0.318 e. The number of urea groups is 1. The summed E-state index contributed by atoms with van der Waals surface area (Å²) in [4.78, 5) is 54.1. The Balaban J connectivity index is 1.66. The highest BCUT2D eigenvalue weighted by Crippen LogP contribution is 2.30. The molecular weight excluding hydrogens is 464 g/mol. The Kier molecular flexibility index (Phi) is 10.5. The molecule has 0 aromatic rings. The maximum atomic E-state index is 13.6. The second kappa shape index (κ2) is 13.4. The Bertz CT molecular complexity index is 770. The molecule has 1 aliphatic heterocycles. The van der Waals surface area contributed by atoms with E-state index in [-0.39, 0.29) is 12.6 Å². The van der Waals surface area contributed by atoms with E-state index in [4.69, 9.17) is 4.74 Å². The van der Waals surface area contributed by atoms with E-state index in [0.717, 1.165) is 44.9 Å². The minimum absolute atomic E-state index is 0.0333. The SMILES string of the molecule is CCCCC(NC(=O)C1(NC(=O)N2CCOCC2)CCCCC1)C(=O)C(=O)NCC1(O)CCCCC1. The van der Waals surface area contributed by atoms with Crippen molar-refractivity contribution in [2.24, 2.45) is 0 Å². The number of morpholine rings is 1. The predicted molar refractivity (Wildman–Crippen MR) is 134 cm³/mol. The van der Waals surface area contributed by atoms with E-state index in [1.54, 1.807) is 4.90 Å². The first-order valence-corrected chi connectivity index (χ1v) is 13.8. The fraction of sp³-hybridized carbons (Fsp3) is 0.846. The lowest BCUT2D eigenvalue weighted by Gasteiger charge is -2.39.